The van der Waals surface area contributed by atoms with Crippen LogP contribution < -0.4 is 0 Å². The summed E-state index contributed by atoms with van der Waals surface area (Å²) in [7, 11) is 0. The topological polar surface area (TPSA) is 9.23 Å². The van der Waals surface area contributed by atoms with Crippen molar-refractivity contribution < 1.29 is 4.74 Å². The van der Waals surface area contributed by atoms with Gasteiger partial charge in [0.1, 0.15) is 6.47 Å². The van der Waals surface area contributed by atoms with Crippen molar-refractivity contribution >= 4 is 95.6 Å². The van der Waals surface area contributed by atoms with Crippen LogP contribution in [-0.2, 0) is 13.8 Å². The van der Waals surface area contributed by atoms with E-state index in [-0.39, 0.29) is 0 Å². The zero-order chi connectivity index (χ0) is 21.8. The number of rotatable bonds is 10. The summed E-state index contributed by atoms with van der Waals surface area (Å²) in [6.07, 6.45) is 3.64. The number of alkyl halides is 6. The van der Waals surface area contributed by atoms with Gasteiger partial charge in [-0.05, 0) is 55.8 Å². The Hall–Kier alpha value is 1.28. The minimum atomic E-state index is -0.878. The van der Waals surface area contributed by atoms with Gasteiger partial charge in [0.05, 0.1) is 0 Å². The highest BCUT2D eigenvalue weighted by Gasteiger charge is 2.58. The molecular weight excluding hydrogens is 760 g/mol. The second kappa shape index (κ2) is 10.9. The van der Waals surface area contributed by atoms with E-state index in [4.69, 9.17) is 4.74 Å². The van der Waals surface area contributed by atoms with Crippen LogP contribution in [0.2, 0.25) is 0 Å². The van der Waals surface area contributed by atoms with Gasteiger partial charge in [0.25, 0.3) is 0 Å². The fourth-order valence-electron chi connectivity index (χ4n) is 3.14. The molecule has 2 aromatic rings. The Balaban J connectivity index is 2.69. The zero-order valence-electron chi connectivity index (χ0n) is 16.3. The molecule has 0 fully saturated rings. The van der Waals surface area contributed by atoms with Gasteiger partial charge in [-0.3, -0.25) is 0 Å². The van der Waals surface area contributed by atoms with Crippen molar-refractivity contribution in [3.63, 3.8) is 0 Å². The largest absolute Gasteiger partial charge is 0.333 e. The lowest BCUT2D eigenvalue weighted by Gasteiger charge is -2.49. The van der Waals surface area contributed by atoms with Crippen LogP contribution in [0.5, 0.6) is 0 Å². The Morgan fingerprint density at radius 2 is 0.897 bits per heavy atom. The van der Waals surface area contributed by atoms with Crippen LogP contribution in [0, 0.1) is 0 Å². The van der Waals surface area contributed by atoms with E-state index in [0.29, 0.717) is 0 Å². The first-order valence-corrected chi connectivity index (χ1v) is 14.2. The normalized spacial score (nSPS) is 16.8. The predicted octanol–water partition coefficient (Wildman–Crippen LogP) is 10.1. The van der Waals surface area contributed by atoms with Crippen LogP contribution in [0.1, 0.15) is 50.7 Å². The second-order valence-electron chi connectivity index (χ2n) is 6.93. The van der Waals surface area contributed by atoms with E-state index >= 15 is 0 Å². The highest BCUT2D eigenvalue weighted by atomic mass is 79.9. The highest BCUT2D eigenvalue weighted by molar-refractivity contribution is 9.26. The van der Waals surface area contributed by atoms with Gasteiger partial charge >= 0.3 is 0 Å². The summed E-state index contributed by atoms with van der Waals surface area (Å²) >= 11 is 23.7. The number of benzene rings is 2. The van der Waals surface area contributed by atoms with Crippen LogP contribution in [0.15, 0.2) is 60.7 Å². The molecule has 7 heteroatoms. The van der Waals surface area contributed by atoms with E-state index in [9.17, 15) is 0 Å². The van der Waals surface area contributed by atoms with Crippen molar-refractivity contribution in [3.8, 4) is 0 Å². The summed E-state index contributed by atoms with van der Waals surface area (Å²) in [5.41, 5.74) is 2.02. The number of hydrogen-bond donors (Lipinski definition) is 0. The van der Waals surface area contributed by atoms with E-state index in [1.165, 1.54) is 0 Å². The third-order valence-electron chi connectivity index (χ3n) is 4.64. The van der Waals surface area contributed by atoms with Crippen molar-refractivity contribution in [2.24, 2.45) is 0 Å². The maximum Gasteiger partial charge on any atom is 0.175 e. The molecule has 0 aliphatic rings. The van der Waals surface area contributed by atoms with E-state index in [1.807, 2.05) is 36.4 Å². The lowest BCUT2D eigenvalue weighted by molar-refractivity contribution is -0.0648. The molecule has 2 aromatic carbocycles. The van der Waals surface area contributed by atoms with Crippen LogP contribution in [0.4, 0.5) is 0 Å². The molecule has 0 saturated carbocycles. The first kappa shape index (κ1) is 26.5. The molecule has 1 nitrogen and oxygen atoms in total. The van der Waals surface area contributed by atoms with E-state index in [0.717, 1.165) is 36.8 Å². The van der Waals surface area contributed by atoms with Gasteiger partial charge < -0.3 is 4.74 Å². The maximum absolute atomic E-state index is 7.08. The Morgan fingerprint density at radius 3 is 1.17 bits per heavy atom. The van der Waals surface area contributed by atoms with Crippen molar-refractivity contribution in [1.29, 1.82) is 0 Å². The highest BCUT2D eigenvalue weighted by Crippen LogP contribution is 2.63. The molecule has 0 aromatic heterocycles. The second-order valence-corrected chi connectivity index (χ2v) is 16.7. The summed E-state index contributed by atoms with van der Waals surface area (Å²) in [6, 6.07) is 20.4. The van der Waals surface area contributed by atoms with Crippen LogP contribution in [0.3, 0.4) is 0 Å². The Bertz CT molecular complexity index is 702. The molecule has 0 saturated heterocycles. The third-order valence-corrected chi connectivity index (χ3v) is 13.2. The van der Waals surface area contributed by atoms with Crippen molar-refractivity contribution in [2.45, 2.75) is 55.0 Å². The number of hydrogen-bond acceptors (Lipinski definition) is 1. The van der Waals surface area contributed by atoms with Gasteiger partial charge in [-0.2, -0.15) is 0 Å². The van der Waals surface area contributed by atoms with Gasteiger partial charge in [0.15, 0.2) is 9.02 Å². The van der Waals surface area contributed by atoms with E-state index < -0.39 is 15.5 Å². The minimum absolute atomic E-state index is 0.542. The van der Waals surface area contributed by atoms with Crippen LogP contribution in [-0.4, -0.2) is 6.47 Å². The third kappa shape index (κ3) is 5.80. The van der Waals surface area contributed by atoms with Gasteiger partial charge in [-0.25, -0.2) is 0 Å². The fourth-order valence-corrected chi connectivity index (χ4v) is 7.59. The molecule has 0 radical (unpaired) electrons. The van der Waals surface area contributed by atoms with Crippen LogP contribution >= 0.6 is 95.6 Å². The van der Waals surface area contributed by atoms with Gasteiger partial charge in [-0.1, -0.05) is 151 Å². The molecular formula is C22H24Br6O. The van der Waals surface area contributed by atoms with Crippen molar-refractivity contribution in [1.82, 2.24) is 0 Å². The lowest BCUT2D eigenvalue weighted by atomic mass is 9.99. The molecule has 0 aliphatic carbocycles. The van der Waals surface area contributed by atoms with Crippen molar-refractivity contribution in [2.75, 3.05) is 0 Å². The molecule has 160 valence electrons. The minimum Gasteiger partial charge on any atom is -0.333 e. The standard InChI is InChI=1S/C22H24Br6O/c1-3-15-19(23,24)21(27,17-11-7-5-8-12-17)29-22(28,20(25,26)16-4-2)18-13-9-6-10-14-18/h5-14H,3-4,15-16H2,1-2H3. The molecule has 0 aliphatic heterocycles. The maximum atomic E-state index is 7.08. The molecule has 0 amide bonds. The van der Waals surface area contributed by atoms with Gasteiger partial charge in [0, 0.05) is 0 Å². The molecule has 29 heavy (non-hydrogen) atoms. The summed E-state index contributed by atoms with van der Waals surface area (Å²) in [5, 5.41) is 0. The summed E-state index contributed by atoms with van der Waals surface area (Å²) in [4.78, 5) is 0. The Kier molecular flexibility index (Phi) is 10.0. The average Bonchev–Trinajstić information content (AvgIpc) is 2.69. The Labute approximate surface area is 224 Å². The first-order valence-electron chi connectivity index (χ1n) is 9.48. The smallest absolute Gasteiger partial charge is 0.175 e. The molecule has 0 heterocycles. The molecule has 2 rings (SSSR count). The molecule has 2 unspecified atom stereocenters. The monoisotopic (exact) mass is 778 g/mol. The number of halogens is 6. The van der Waals surface area contributed by atoms with Crippen LogP contribution in [0.25, 0.3) is 0 Å². The first-order chi connectivity index (χ1) is 13.5. The molecule has 2 atom stereocenters. The predicted molar refractivity (Wildman–Crippen MR) is 146 cm³/mol. The number of ether oxygens (including phenoxy) is 1. The lowest BCUT2D eigenvalue weighted by Crippen LogP contribution is -2.50. The summed E-state index contributed by atoms with van der Waals surface area (Å²) < 4.78 is 4.24. The molecule has 0 N–H and O–H groups in total. The van der Waals surface area contributed by atoms with Gasteiger partial charge in [-0.15, -0.1) is 0 Å². The van der Waals surface area contributed by atoms with E-state index in [1.54, 1.807) is 0 Å². The molecule has 0 spiro atoms. The summed E-state index contributed by atoms with van der Waals surface area (Å²) in [5.74, 6) is 0. The quantitative estimate of drug-likeness (QED) is 0.218. The van der Waals surface area contributed by atoms with E-state index in [2.05, 4.69) is 134 Å². The van der Waals surface area contributed by atoms with Gasteiger partial charge in [0.2, 0.25) is 0 Å². The summed E-state index contributed by atoms with van der Waals surface area (Å²) in [6.45, 7) is 4.31. The average molecular weight is 784 g/mol. The zero-order valence-corrected chi connectivity index (χ0v) is 25.8. The molecule has 0 bridgehead atoms. The van der Waals surface area contributed by atoms with Crippen molar-refractivity contribution in [3.05, 3.63) is 71.8 Å². The Morgan fingerprint density at radius 1 is 0.586 bits per heavy atom. The SMILES string of the molecule is CCCC(Br)(Br)C(Br)(OC(Br)(c1ccccc1)C(Br)(Br)CCC)c1ccccc1. The fraction of sp³-hybridized carbons (Fsp3) is 0.455.